The minimum Gasteiger partial charge on any atom is -0.496 e. The average Bonchev–Trinajstić information content (AvgIpc) is 3.14. The quantitative estimate of drug-likeness (QED) is 0.716. The van der Waals surface area contributed by atoms with E-state index in [2.05, 4.69) is 9.71 Å². The van der Waals surface area contributed by atoms with Crippen molar-refractivity contribution in [1.29, 1.82) is 0 Å². The summed E-state index contributed by atoms with van der Waals surface area (Å²) in [7, 11) is -2.06. The van der Waals surface area contributed by atoms with Crippen LogP contribution < -0.4 is 9.46 Å². The van der Waals surface area contributed by atoms with Gasteiger partial charge in [0, 0.05) is 23.7 Å². The number of nitrogens with zero attached hydrogens (tertiary/aromatic N) is 1. The van der Waals surface area contributed by atoms with Crippen molar-refractivity contribution >= 4 is 21.4 Å². The number of ether oxygens (including phenoxy) is 1. The zero-order valence-corrected chi connectivity index (χ0v) is 15.5. The number of methoxy groups -OCH3 is 1. The summed E-state index contributed by atoms with van der Waals surface area (Å²) in [4.78, 5) is 4.60. The number of rotatable bonds is 6. The van der Waals surface area contributed by atoms with Crippen LogP contribution in [0.2, 0.25) is 0 Å². The molecular formula is C18H18N2O3S2. The minimum atomic E-state index is -3.62. The summed E-state index contributed by atoms with van der Waals surface area (Å²) < 4.78 is 33.0. The highest BCUT2D eigenvalue weighted by Crippen LogP contribution is 2.25. The molecule has 1 aromatic carbocycles. The van der Waals surface area contributed by atoms with Crippen LogP contribution in [-0.4, -0.2) is 20.5 Å². The summed E-state index contributed by atoms with van der Waals surface area (Å²) in [5.74, 6) is 0.658. The van der Waals surface area contributed by atoms with Crippen LogP contribution in [0.25, 0.3) is 11.3 Å². The summed E-state index contributed by atoms with van der Waals surface area (Å²) in [6.45, 7) is 1.99. The molecule has 0 atom stereocenters. The predicted molar refractivity (Wildman–Crippen MR) is 99.3 cm³/mol. The van der Waals surface area contributed by atoms with Crippen molar-refractivity contribution in [3.63, 3.8) is 0 Å². The van der Waals surface area contributed by atoms with Crippen molar-refractivity contribution in [3.05, 3.63) is 64.5 Å². The van der Waals surface area contributed by atoms with E-state index in [1.165, 1.54) is 6.07 Å². The summed E-state index contributed by atoms with van der Waals surface area (Å²) in [6, 6.07) is 10.4. The van der Waals surface area contributed by atoms with Crippen LogP contribution in [0.3, 0.4) is 0 Å². The van der Waals surface area contributed by atoms with Gasteiger partial charge in [-0.25, -0.2) is 13.1 Å². The molecule has 0 saturated heterocycles. The SMILES string of the molecule is COc1ccc(S(=O)(=O)NCc2cccnc2-c2ccsc2)cc1C. The Morgan fingerprint density at radius 2 is 2.08 bits per heavy atom. The first-order valence-electron chi connectivity index (χ1n) is 7.62. The molecule has 0 aliphatic rings. The molecule has 5 nitrogen and oxygen atoms in total. The number of hydrogen-bond donors (Lipinski definition) is 1. The Bertz CT molecular complexity index is 968. The third kappa shape index (κ3) is 3.89. The number of sulfonamides is 1. The van der Waals surface area contributed by atoms with E-state index in [0.717, 1.165) is 22.4 Å². The molecule has 0 aliphatic heterocycles. The van der Waals surface area contributed by atoms with Gasteiger partial charge < -0.3 is 4.74 Å². The molecule has 1 N–H and O–H groups in total. The van der Waals surface area contributed by atoms with Gasteiger partial charge in [-0.05, 0) is 53.8 Å². The second kappa shape index (κ2) is 7.35. The Kier molecular flexibility index (Phi) is 5.17. The van der Waals surface area contributed by atoms with E-state index in [1.54, 1.807) is 42.8 Å². The van der Waals surface area contributed by atoms with Crippen molar-refractivity contribution in [2.45, 2.75) is 18.4 Å². The second-order valence-corrected chi connectivity index (χ2v) is 8.03. The van der Waals surface area contributed by atoms with Gasteiger partial charge in [-0.1, -0.05) is 6.07 Å². The topological polar surface area (TPSA) is 68.3 Å². The second-order valence-electron chi connectivity index (χ2n) is 5.48. The van der Waals surface area contributed by atoms with Crippen molar-refractivity contribution in [2.75, 3.05) is 7.11 Å². The van der Waals surface area contributed by atoms with Gasteiger partial charge in [-0.2, -0.15) is 11.3 Å². The van der Waals surface area contributed by atoms with Gasteiger partial charge in [0.25, 0.3) is 0 Å². The smallest absolute Gasteiger partial charge is 0.240 e. The molecule has 0 unspecified atom stereocenters. The van der Waals surface area contributed by atoms with Crippen LogP contribution in [0.5, 0.6) is 5.75 Å². The number of thiophene rings is 1. The summed E-state index contributed by atoms with van der Waals surface area (Å²) in [5, 5.41) is 3.96. The molecule has 0 aliphatic carbocycles. The van der Waals surface area contributed by atoms with E-state index in [9.17, 15) is 8.42 Å². The highest BCUT2D eigenvalue weighted by Gasteiger charge is 2.16. The molecule has 25 heavy (non-hydrogen) atoms. The lowest BCUT2D eigenvalue weighted by Crippen LogP contribution is -2.23. The van der Waals surface area contributed by atoms with E-state index in [4.69, 9.17) is 4.74 Å². The number of aromatic nitrogens is 1. The molecule has 0 saturated carbocycles. The Morgan fingerprint density at radius 3 is 2.76 bits per heavy atom. The van der Waals surface area contributed by atoms with Gasteiger partial charge in [0.15, 0.2) is 0 Å². The summed E-state index contributed by atoms with van der Waals surface area (Å²) in [5.41, 5.74) is 3.37. The minimum absolute atomic E-state index is 0.173. The normalized spacial score (nSPS) is 11.4. The van der Waals surface area contributed by atoms with E-state index in [-0.39, 0.29) is 11.4 Å². The van der Waals surface area contributed by atoms with Crippen LogP contribution >= 0.6 is 11.3 Å². The molecule has 2 heterocycles. The molecule has 0 fully saturated rings. The van der Waals surface area contributed by atoms with Gasteiger partial charge in [0.1, 0.15) is 5.75 Å². The molecule has 3 rings (SSSR count). The Labute approximate surface area is 151 Å². The zero-order valence-electron chi connectivity index (χ0n) is 13.9. The van der Waals surface area contributed by atoms with E-state index >= 15 is 0 Å². The standard InChI is InChI=1S/C18H18N2O3S2/c1-13-10-16(5-6-17(13)23-2)25(21,22)20-11-14-4-3-8-19-18(14)15-7-9-24-12-15/h3-10,12,20H,11H2,1-2H3. The Hall–Kier alpha value is -2.22. The van der Waals surface area contributed by atoms with Gasteiger partial charge >= 0.3 is 0 Å². The molecular weight excluding hydrogens is 356 g/mol. The predicted octanol–water partition coefficient (Wildman–Crippen LogP) is 3.61. The summed E-state index contributed by atoms with van der Waals surface area (Å²) in [6.07, 6.45) is 1.71. The first-order chi connectivity index (χ1) is 12.0. The summed E-state index contributed by atoms with van der Waals surface area (Å²) >= 11 is 1.58. The third-order valence-electron chi connectivity index (χ3n) is 3.82. The number of benzene rings is 1. The fraction of sp³-hybridized carbons (Fsp3) is 0.167. The lowest BCUT2D eigenvalue weighted by atomic mass is 10.1. The maximum absolute atomic E-state index is 12.6. The van der Waals surface area contributed by atoms with Crippen LogP contribution in [0, 0.1) is 6.92 Å². The highest BCUT2D eigenvalue weighted by molar-refractivity contribution is 7.89. The number of aryl methyl sites for hydroxylation is 1. The highest BCUT2D eigenvalue weighted by atomic mass is 32.2. The molecule has 3 aromatic rings. The van der Waals surface area contributed by atoms with Crippen molar-refractivity contribution in [1.82, 2.24) is 9.71 Å². The van der Waals surface area contributed by atoms with E-state index in [1.807, 2.05) is 29.8 Å². The first kappa shape index (κ1) is 17.6. The van der Waals surface area contributed by atoms with E-state index < -0.39 is 10.0 Å². The molecule has 130 valence electrons. The first-order valence-corrected chi connectivity index (χ1v) is 10.0. The molecule has 2 aromatic heterocycles. The lowest BCUT2D eigenvalue weighted by Gasteiger charge is -2.11. The Balaban J connectivity index is 1.83. The molecule has 0 bridgehead atoms. The molecule has 0 radical (unpaired) electrons. The van der Waals surface area contributed by atoms with Gasteiger partial charge in [-0.3, -0.25) is 4.98 Å². The number of hydrogen-bond acceptors (Lipinski definition) is 5. The fourth-order valence-corrected chi connectivity index (χ4v) is 4.25. The number of pyridine rings is 1. The van der Waals surface area contributed by atoms with Crippen LogP contribution in [0.4, 0.5) is 0 Å². The fourth-order valence-electron chi connectivity index (χ4n) is 2.51. The Morgan fingerprint density at radius 1 is 1.24 bits per heavy atom. The van der Waals surface area contributed by atoms with Gasteiger partial charge in [0.2, 0.25) is 10.0 Å². The van der Waals surface area contributed by atoms with Crippen molar-refractivity contribution in [3.8, 4) is 17.0 Å². The maximum Gasteiger partial charge on any atom is 0.240 e. The zero-order chi connectivity index (χ0) is 17.9. The monoisotopic (exact) mass is 374 g/mol. The van der Waals surface area contributed by atoms with Crippen LogP contribution in [0.15, 0.2) is 58.3 Å². The lowest BCUT2D eigenvalue weighted by molar-refractivity contribution is 0.411. The molecule has 0 spiro atoms. The largest absolute Gasteiger partial charge is 0.496 e. The average molecular weight is 374 g/mol. The van der Waals surface area contributed by atoms with Gasteiger partial charge in [-0.15, -0.1) is 0 Å². The third-order valence-corrected chi connectivity index (χ3v) is 5.90. The molecule has 0 amide bonds. The van der Waals surface area contributed by atoms with Gasteiger partial charge in [0.05, 0.1) is 17.7 Å². The number of nitrogens with one attached hydrogen (secondary N) is 1. The van der Waals surface area contributed by atoms with Crippen molar-refractivity contribution < 1.29 is 13.2 Å². The molecule has 7 heteroatoms. The maximum atomic E-state index is 12.6. The van der Waals surface area contributed by atoms with Crippen LogP contribution in [-0.2, 0) is 16.6 Å². The van der Waals surface area contributed by atoms with Crippen molar-refractivity contribution in [2.24, 2.45) is 0 Å². The van der Waals surface area contributed by atoms with Crippen LogP contribution in [0.1, 0.15) is 11.1 Å². The van der Waals surface area contributed by atoms with E-state index in [0.29, 0.717) is 5.75 Å².